The molecule has 0 aliphatic rings. The van der Waals surface area contributed by atoms with Crippen molar-refractivity contribution in [3.63, 3.8) is 0 Å². The number of halogens is 4. The molecule has 226 valence electrons. The van der Waals surface area contributed by atoms with Gasteiger partial charge in [-0.15, -0.1) is 13.2 Å². The number of aryl methyl sites for hydroxylation is 1. The molecule has 0 saturated heterocycles. The molecular weight excluding hydrogens is 616 g/mol. The van der Waals surface area contributed by atoms with Crippen LogP contribution in [0.25, 0.3) is 22.0 Å². The summed E-state index contributed by atoms with van der Waals surface area (Å²) in [7, 11) is 0. The van der Waals surface area contributed by atoms with Crippen molar-refractivity contribution in [1.29, 1.82) is 0 Å². The number of carboxylic acid groups (broad SMARTS) is 1. The quantitative estimate of drug-likeness (QED) is 0.211. The van der Waals surface area contributed by atoms with Gasteiger partial charge in [-0.3, -0.25) is 4.79 Å². The molecule has 0 aliphatic carbocycles. The predicted octanol–water partition coefficient (Wildman–Crippen LogP) is 4.94. The van der Waals surface area contributed by atoms with E-state index in [0.717, 1.165) is 60.2 Å². The summed E-state index contributed by atoms with van der Waals surface area (Å²) >= 11 is 6.25. The van der Waals surface area contributed by atoms with E-state index in [1.165, 1.54) is 5.56 Å². The molecule has 0 radical (unpaired) electrons. The van der Waals surface area contributed by atoms with Crippen molar-refractivity contribution in [3.8, 4) is 16.9 Å². The molecule has 6 nitrogen and oxygen atoms in total. The minimum absolute atomic E-state index is 0. The molecule has 0 fully saturated rings. The number of anilines is 1. The van der Waals surface area contributed by atoms with Crippen molar-refractivity contribution in [3.05, 3.63) is 118 Å². The second kappa shape index (κ2) is 14.6. The molecule has 11 heteroatoms. The van der Waals surface area contributed by atoms with E-state index in [2.05, 4.69) is 34.1 Å². The number of amides is 1. The van der Waals surface area contributed by atoms with Gasteiger partial charge in [0.25, 0.3) is 5.91 Å². The van der Waals surface area contributed by atoms with E-state index in [1.807, 2.05) is 36.4 Å². The molecule has 0 spiro atoms. The number of unbranched alkanes of at least 4 members (excludes halogenated alkanes) is 1. The summed E-state index contributed by atoms with van der Waals surface area (Å²) in [5.41, 5.74) is 4.65. The largest absolute Gasteiger partial charge is 1.00 e. The molecule has 0 bridgehead atoms. The van der Waals surface area contributed by atoms with Crippen molar-refractivity contribution in [2.45, 2.75) is 39.0 Å². The zero-order valence-corrected chi connectivity index (χ0v) is 27.3. The molecule has 1 amide bonds. The molecular formula is C34H27ClF3N2NaO4. The number of aromatic amines is 1. The smallest absolute Gasteiger partial charge is 0.543 e. The second-order valence-corrected chi connectivity index (χ2v) is 10.8. The maximum absolute atomic E-state index is 13.2. The molecule has 0 atom stereocenters. The molecule has 2 N–H and O–H groups in total. The monoisotopic (exact) mass is 642 g/mol. The molecule has 1 aromatic heterocycles. The van der Waals surface area contributed by atoms with Crippen LogP contribution in [0.3, 0.4) is 0 Å². The summed E-state index contributed by atoms with van der Waals surface area (Å²) < 4.78 is 41.6. The van der Waals surface area contributed by atoms with Gasteiger partial charge in [0.05, 0.1) is 17.4 Å². The van der Waals surface area contributed by atoms with Gasteiger partial charge < -0.3 is 24.9 Å². The number of alkyl halides is 3. The second-order valence-electron chi connectivity index (χ2n) is 10.4. The number of ether oxygens (including phenoxy) is 1. The van der Waals surface area contributed by atoms with Gasteiger partial charge in [0.2, 0.25) is 0 Å². The van der Waals surface area contributed by atoms with Crippen molar-refractivity contribution in [2.75, 3.05) is 5.32 Å². The van der Waals surface area contributed by atoms with Gasteiger partial charge in [0, 0.05) is 21.5 Å². The van der Waals surface area contributed by atoms with Crippen LogP contribution in [0.5, 0.6) is 5.75 Å². The molecule has 0 aliphatic heterocycles. The van der Waals surface area contributed by atoms with E-state index in [1.54, 1.807) is 12.1 Å². The Bertz CT molecular complexity index is 1820. The average molecular weight is 643 g/mol. The molecule has 0 unspecified atom stereocenters. The van der Waals surface area contributed by atoms with E-state index in [9.17, 15) is 27.9 Å². The van der Waals surface area contributed by atoms with Crippen LogP contribution in [0.2, 0.25) is 5.02 Å². The van der Waals surface area contributed by atoms with Crippen LogP contribution < -0.4 is 44.7 Å². The number of hydrogen-bond acceptors (Lipinski definition) is 4. The van der Waals surface area contributed by atoms with Crippen molar-refractivity contribution in [2.24, 2.45) is 0 Å². The number of H-pyrrole nitrogens is 1. The third-order valence-electron chi connectivity index (χ3n) is 7.16. The van der Waals surface area contributed by atoms with Crippen molar-refractivity contribution in [1.82, 2.24) is 4.98 Å². The number of carbonyl (C=O) groups excluding carboxylic acids is 2. The van der Waals surface area contributed by atoms with Crippen LogP contribution >= 0.6 is 11.6 Å². The number of nitrogens with one attached hydrogen (secondary N) is 2. The molecule has 5 rings (SSSR count). The summed E-state index contributed by atoms with van der Waals surface area (Å²) in [5.74, 6) is -2.76. The molecule has 5 aromatic rings. The predicted molar refractivity (Wildman–Crippen MR) is 162 cm³/mol. The Morgan fingerprint density at radius 1 is 0.933 bits per heavy atom. The van der Waals surface area contributed by atoms with Gasteiger partial charge in [-0.1, -0.05) is 61.3 Å². The fraction of sp³-hybridized carbons (Fsp3) is 0.176. The topological polar surface area (TPSA) is 94.2 Å². The minimum atomic E-state index is -4.88. The van der Waals surface area contributed by atoms with Gasteiger partial charge in [0.1, 0.15) is 5.75 Å². The molecule has 0 saturated carbocycles. The molecule has 4 aromatic carbocycles. The Kier molecular flexibility index (Phi) is 11.0. The van der Waals surface area contributed by atoms with Crippen LogP contribution in [0.15, 0.2) is 84.9 Å². The van der Waals surface area contributed by atoms with Gasteiger partial charge in [-0.05, 0) is 95.6 Å². The van der Waals surface area contributed by atoms with Gasteiger partial charge in [-0.2, -0.15) is 0 Å². The van der Waals surface area contributed by atoms with Gasteiger partial charge >= 0.3 is 35.9 Å². The first-order chi connectivity index (χ1) is 21.0. The fourth-order valence-corrected chi connectivity index (χ4v) is 5.32. The zero-order chi connectivity index (χ0) is 31.4. The maximum atomic E-state index is 13.2. The number of carboxylic acids is 1. The third-order valence-corrected chi connectivity index (χ3v) is 7.40. The number of fused-ring (bicyclic) bond motifs is 1. The van der Waals surface area contributed by atoms with E-state index in [-0.39, 0.29) is 46.5 Å². The van der Waals surface area contributed by atoms with E-state index in [4.69, 9.17) is 11.6 Å². The number of benzene rings is 4. The Labute approximate surface area is 284 Å². The van der Waals surface area contributed by atoms with Crippen LogP contribution in [0.1, 0.15) is 57.3 Å². The molecule has 1 heterocycles. The third kappa shape index (κ3) is 8.49. The number of aromatic carboxylic acids is 1. The zero-order valence-electron chi connectivity index (χ0n) is 24.6. The van der Waals surface area contributed by atoms with Crippen LogP contribution in [-0.2, 0) is 12.8 Å². The maximum Gasteiger partial charge on any atom is 1.00 e. The Balaban J connectivity index is 0.00000461. The number of rotatable bonds is 10. The summed E-state index contributed by atoms with van der Waals surface area (Å²) in [6.07, 6.45) is -1.37. The first-order valence-electron chi connectivity index (χ1n) is 13.9. The minimum Gasteiger partial charge on any atom is -0.543 e. The first-order valence-corrected chi connectivity index (χ1v) is 14.3. The van der Waals surface area contributed by atoms with Crippen molar-refractivity contribution >= 4 is 40.1 Å². The summed E-state index contributed by atoms with van der Waals surface area (Å²) in [6.45, 7) is 2.14. The summed E-state index contributed by atoms with van der Waals surface area (Å²) in [6, 6.07) is 23.5. The van der Waals surface area contributed by atoms with Crippen LogP contribution in [0, 0.1) is 0 Å². The van der Waals surface area contributed by atoms with Crippen LogP contribution in [-0.4, -0.2) is 23.2 Å². The van der Waals surface area contributed by atoms with Crippen molar-refractivity contribution < 1.29 is 62.2 Å². The van der Waals surface area contributed by atoms with Crippen LogP contribution in [0.4, 0.5) is 18.9 Å². The standard InChI is InChI=1S/C34H28ClF3N2O4.Na/c1-2-3-5-20-8-10-22(11-9-20)24-18-25(16-21-6-4-7-26(35)17-21)29-28(19-24)39-31(33(42)43)30(29)40-32(41)23-12-14-27(15-13-23)44-34(36,37)38;/h4,6-15,17-19,39H,2-3,5,16H2,1H3,(H,40,41)(H,42,43);/q;+1/p-1. The Hall–Kier alpha value is -3.76. The first kappa shape index (κ1) is 34.1. The normalized spacial score (nSPS) is 11.2. The number of aromatic nitrogens is 1. The Morgan fingerprint density at radius 2 is 1.64 bits per heavy atom. The number of carbonyl (C=O) groups is 2. The van der Waals surface area contributed by atoms with Gasteiger partial charge in [-0.25, -0.2) is 0 Å². The van der Waals surface area contributed by atoms with Gasteiger partial charge in [0.15, 0.2) is 0 Å². The van der Waals surface area contributed by atoms with E-state index < -0.39 is 24.0 Å². The van der Waals surface area contributed by atoms with E-state index >= 15 is 0 Å². The fourth-order valence-electron chi connectivity index (χ4n) is 5.11. The average Bonchev–Trinajstić information content (AvgIpc) is 3.34. The summed E-state index contributed by atoms with van der Waals surface area (Å²) in [4.78, 5) is 28.4. The van der Waals surface area contributed by atoms with E-state index in [0.29, 0.717) is 27.9 Å². The SMILES string of the molecule is CCCCc1ccc(-c2cc(Cc3cccc(Cl)c3)c3c(NC(=O)c4ccc(OC(F)(F)F)cc4)c(C(=O)[O-])[nH]c3c2)cc1.[Na+]. The molecule has 45 heavy (non-hydrogen) atoms. The Morgan fingerprint density at radius 3 is 2.27 bits per heavy atom. The summed E-state index contributed by atoms with van der Waals surface area (Å²) in [5, 5.41) is 15.9. The number of hydrogen-bond donors (Lipinski definition) is 2.